The molecule has 31 heavy (non-hydrogen) atoms. The van der Waals surface area contributed by atoms with E-state index in [9.17, 15) is 9.59 Å². The van der Waals surface area contributed by atoms with Crippen molar-refractivity contribution in [1.82, 2.24) is 10.7 Å². The van der Waals surface area contributed by atoms with Gasteiger partial charge in [-0.3, -0.25) is 9.59 Å². The Morgan fingerprint density at radius 2 is 1.58 bits per heavy atom. The molecule has 1 aromatic rings. The van der Waals surface area contributed by atoms with Gasteiger partial charge in [-0.05, 0) is 24.6 Å². The Labute approximate surface area is 195 Å². The predicted octanol–water partition coefficient (Wildman–Crippen LogP) is 5.73. The minimum Gasteiger partial charge on any atom is -0.497 e. The SMILES string of the molecule is CCCCCCCCCCCCCC(=O)NCC(=O)N/N=C/c1cc(OC)ccc1Br. The van der Waals surface area contributed by atoms with E-state index in [1.807, 2.05) is 12.1 Å². The lowest BCUT2D eigenvalue weighted by molar-refractivity contribution is -0.126. The highest BCUT2D eigenvalue weighted by Crippen LogP contribution is 2.20. The maximum atomic E-state index is 11.9. The molecular formula is C24H38BrN3O3. The topological polar surface area (TPSA) is 79.8 Å². The van der Waals surface area contributed by atoms with Gasteiger partial charge in [-0.25, -0.2) is 5.43 Å². The Balaban J connectivity index is 2.05. The van der Waals surface area contributed by atoms with E-state index in [0.717, 1.165) is 22.9 Å². The first kappa shape index (κ1) is 27.1. The van der Waals surface area contributed by atoms with Crippen LogP contribution in [0.2, 0.25) is 0 Å². The van der Waals surface area contributed by atoms with E-state index in [0.29, 0.717) is 12.2 Å². The zero-order valence-corrected chi connectivity index (χ0v) is 20.6. The highest BCUT2D eigenvalue weighted by atomic mass is 79.9. The highest BCUT2D eigenvalue weighted by molar-refractivity contribution is 9.10. The molecule has 0 heterocycles. The number of carbonyl (C=O) groups excluding carboxylic acids is 2. The molecule has 0 bridgehead atoms. The number of ether oxygens (including phenoxy) is 1. The molecule has 0 aliphatic carbocycles. The average molecular weight is 496 g/mol. The molecule has 2 N–H and O–H groups in total. The summed E-state index contributed by atoms with van der Waals surface area (Å²) < 4.78 is 6.01. The molecule has 1 aromatic carbocycles. The maximum absolute atomic E-state index is 11.9. The molecule has 174 valence electrons. The number of benzene rings is 1. The molecule has 6 nitrogen and oxygen atoms in total. The molecule has 0 saturated heterocycles. The van der Waals surface area contributed by atoms with Gasteiger partial charge in [0.2, 0.25) is 5.91 Å². The van der Waals surface area contributed by atoms with Crippen LogP contribution in [0, 0.1) is 0 Å². The average Bonchev–Trinajstić information content (AvgIpc) is 2.77. The van der Waals surface area contributed by atoms with Crippen molar-refractivity contribution in [3.63, 3.8) is 0 Å². The number of amides is 2. The zero-order chi connectivity index (χ0) is 22.7. The summed E-state index contributed by atoms with van der Waals surface area (Å²) in [6.45, 7) is 2.17. The lowest BCUT2D eigenvalue weighted by Gasteiger charge is -2.05. The lowest BCUT2D eigenvalue weighted by Crippen LogP contribution is -2.34. The Bertz CT molecular complexity index is 680. The molecule has 0 unspecified atom stereocenters. The van der Waals surface area contributed by atoms with Crippen LogP contribution < -0.4 is 15.5 Å². The molecule has 0 aliphatic heterocycles. The maximum Gasteiger partial charge on any atom is 0.259 e. The van der Waals surface area contributed by atoms with Crippen molar-refractivity contribution in [3.8, 4) is 5.75 Å². The summed E-state index contributed by atoms with van der Waals surface area (Å²) in [6, 6.07) is 5.47. The van der Waals surface area contributed by atoms with E-state index in [2.05, 4.69) is 38.7 Å². The summed E-state index contributed by atoms with van der Waals surface area (Å²) in [4.78, 5) is 23.7. The minimum absolute atomic E-state index is 0.0759. The van der Waals surface area contributed by atoms with Gasteiger partial charge in [0.1, 0.15) is 5.75 Å². The number of halogens is 1. The van der Waals surface area contributed by atoms with E-state index < -0.39 is 0 Å². The normalized spacial score (nSPS) is 10.9. The van der Waals surface area contributed by atoms with Crippen LogP contribution in [0.5, 0.6) is 5.75 Å². The van der Waals surface area contributed by atoms with Crippen molar-refractivity contribution in [2.24, 2.45) is 5.10 Å². The van der Waals surface area contributed by atoms with Crippen molar-refractivity contribution in [2.75, 3.05) is 13.7 Å². The number of rotatable bonds is 17. The summed E-state index contributed by atoms with van der Waals surface area (Å²) in [7, 11) is 1.59. The van der Waals surface area contributed by atoms with Gasteiger partial charge in [-0.1, -0.05) is 87.1 Å². The van der Waals surface area contributed by atoms with Crippen LogP contribution >= 0.6 is 15.9 Å². The van der Waals surface area contributed by atoms with Gasteiger partial charge in [0.25, 0.3) is 5.91 Å². The number of nitrogens with one attached hydrogen (secondary N) is 2. The first-order valence-electron chi connectivity index (χ1n) is 11.5. The molecule has 0 aromatic heterocycles. The lowest BCUT2D eigenvalue weighted by atomic mass is 10.1. The number of hydrogen-bond donors (Lipinski definition) is 2. The van der Waals surface area contributed by atoms with Crippen LogP contribution in [0.3, 0.4) is 0 Å². The van der Waals surface area contributed by atoms with Crippen molar-refractivity contribution in [3.05, 3.63) is 28.2 Å². The summed E-state index contributed by atoms with van der Waals surface area (Å²) in [6.07, 6.45) is 15.7. The van der Waals surface area contributed by atoms with Crippen LogP contribution in [-0.4, -0.2) is 31.7 Å². The Kier molecular flexibility index (Phi) is 15.5. The molecule has 0 fully saturated rings. The molecular weight excluding hydrogens is 458 g/mol. The summed E-state index contributed by atoms with van der Waals surface area (Å²) in [5, 5.41) is 6.57. The standard InChI is InChI=1S/C24H38BrN3O3/c1-3-4-5-6-7-8-9-10-11-12-13-14-23(29)26-19-24(30)28-27-18-20-17-21(31-2)15-16-22(20)25/h15-18H,3-14,19H2,1-2H3,(H,26,29)(H,28,30)/b27-18+. The number of hydrogen-bond acceptors (Lipinski definition) is 4. The van der Waals surface area contributed by atoms with Crippen molar-refractivity contribution < 1.29 is 14.3 Å². The smallest absolute Gasteiger partial charge is 0.259 e. The fourth-order valence-electron chi connectivity index (χ4n) is 3.18. The number of methoxy groups -OCH3 is 1. The van der Waals surface area contributed by atoms with Crippen LogP contribution in [0.25, 0.3) is 0 Å². The first-order chi connectivity index (χ1) is 15.1. The summed E-state index contributed by atoms with van der Waals surface area (Å²) in [5.74, 6) is 0.249. The number of hydrazone groups is 1. The van der Waals surface area contributed by atoms with Gasteiger partial charge >= 0.3 is 0 Å². The van der Waals surface area contributed by atoms with Gasteiger partial charge in [0.05, 0.1) is 19.9 Å². The Morgan fingerprint density at radius 1 is 0.968 bits per heavy atom. The Morgan fingerprint density at radius 3 is 2.19 bits per heavy atom. The van der Waals surface area contributed by atoms with Crippen molar-refractivity contribution in [2.45, 2.75) is 84.0 Å². The van der Waals surface area contributed by atoms with Gasteiger partial charge < -0.3 is 10.1 Å². The molecule has 0 radical (unpaired) electrons. The quantitative estimate of drug-likeness (QED) is 0.164. The third-order valence-corrected chi connectivity index (χ3v) is 5.77. The minimum atomic E-state index is -0.359. The molecule has 7 heteroatoms. The van der Waals surface area contributed by atoms with Crippen LogP contribution in [-0.2, 0) is 9.59 Å². The third kappa shape index (κ3) is 13.9. The van der Waals surface area contributed by atoms with E-state index in [1.54, 1.807) is 13.2 Å². The molecule has 0 saturated carbocycles. The molecule has 0 spiro atoms. The van der Waals surface area contributed by atoms with Crippen LogP contribution in [0.4, 0.5) is 0 Å². The van der Waals surface area contributed by atoms with E-state index in [1.165, 1.54) is 64.0 Å². The van der Waals surface area contributed by atoms with Gasteiger partial charge in [0.15, 0.2) is 0 Å². The van der Waals surface area contributed by atoms with Gasteiger partial charge in [0, 0.05) is 16.5 Å². The molecule has 2 amide bonds. The summed E-state index contributed by atoms with van der Waals surface area (Å²) in [5.41, 5.74) is 3.20. The van der Waals surface area contributed by atoms with E-state index in [4.69, 9.17) is 4.74 Å². The second-order valence-electron chi connectivity index (χ2n) is 7.74. The zero-order valence-electron chi connectivity index (χ0n) is 19.1. The summed E-state index contributed by atoms with van der Waals surface area (Å²) >= 11 is 3.42. The Hall–Kier alpha value is -1.89. The van der Waals surface area contributed by atoms with Crippen molar-refractivity contribution >= 4 is 34.0 Å². The predicted molar refractivity (Wildman–Crippen MR) is 131 cm³/mol. The fraction of sp³-hybridized carbons (Fsp3) is 0.625. The number of nitrogens with zero attached hydrogens (tertiary/aromatic N) is 1. The second-order valence-corrected chi connectivity index (χ2v) is 8.60. The van der Waals surface area contributed by atoms with Crippen molar-refractivity contribution in [1.29, 1.82) is 0 Å². The number of unbranched alkanes of at least 4 members (excludes halogenated alkanes) is 10. The van der Waals surface area contributed by atoms with Crippen LogP contribution in [0.1, 0.15) is 89.5 Å². The fourth-order valence-corrected chi connectivity index (χ4v) is 3.53. The molecule has 1 rings (SSSR count). The largest absolute Gasteiger partial charge is 0.497 e. The number of carbonyl (C=O) groups is 2. The molecule has 0 atom stereocenters. The highest BCUT2D eigenvalue weighted by Gasteiger charge is 2.05. The van der Waals surface area contributed by atoms with E-state index in [-0.39, 0.29) is 18.4 Å². The van der Waals surface area contributed by atoms with Gasteiger partial charge in [-0.2, -0.15) is 5.10 Å². The molecule has 0 aliphatic rings. The van der Waals surface area contributed by atoms with Crippen LogP contribution in [0.15, 0.2) is 27.8 Å². The monoisotopic (exact) mass is 495 g/mol. The first-order valence-corrected chi connectivity index (χ1v) is 12.3. The second kappa shape index (κ2) is 17.8. The third-order valence-electron chi connectivity index (χ3n) is 5.05. The van der Waals surface area contributed by atoms with Gasteiger partial charge in [-0.15, -0.1) is 0 Å². The van der Waals surface area contributed by atoms with E-state index >= 15 is 0 Å².